The Morgan fingerprint density at radius 1 is 1.39 bits per heavy atom. The van der Waals surface area contributed by atoms with Gasteiger partial charge in [0.1, 0.15) is 18.2 Å². The quantitative estimate of drug-likeness (QED) is 0.840. The van der Waals surface area contributed by atoms with Crippen molar-refractivity contribution < 1.29 is 4.74 Å². The number of anilines is 1. The predicted molar refractivity (Wildman–Crippen MR) is 73.4 cm³/mol. The Hall–Kier alpha value is -2.23. The third kappa shape index (κ3) is 2.71. The fourth-order valence-electron chi connectivity index (χ4n) is 1.55. The smallest absolute Gasteiger partial charge is 0.121 e. The number of nitrogens with two attached hydrogens (primary N) is 1. The molecule has 0 spiro atoms. The summed E-state index contributed by atoms with van der Waals surface area (Å²) >= 11 is 0. The highest BCUT2D eigenvalue weighted by Gasteiger charge is 2.04. The molecule has 1 heterocycles. The molecule has 18 heavy (non-hydrogen) atoms. The summed E-state index contributed by atoms with van der Waals surface area (Å²) in [5.41, 5.74) is 8.63. The van der Waals surface area contributed by atoms with Crippen molar-refractivity contribution in [3.8, 4) is 17.0 Å². The van der Waals surface area contributed by atoms with Crippen LogP contribution in [0.25, 0.3) is 11.3 Å². The Balaban J connectivity index is 2.14. The van der Waals surface area contributed by atoms with Gasteiger partial charge in [-0.2, -0.15) is 5.10 Å². The number of aryl methyl sites for hydroxylation is 1. The second-order valence-electron chi connectivity index (χ2n) is 4.35. The molecule has 0 aliphatic carbocycles. The summed E-state index contributed by atoms with van der Waals surface area (Å²) in [6.45, 7) is 6.27. The van der Waals surface area contributed by atoms with E-state index in [1.807, 2.05) is 44.3 Å². The molecule has 4 heteroatoms. The van der Waals surface area contributed by atoms with Crippen molar-refractivity contribution in [3.63, 3.8) is 0 Å². The first-order valence-corrected chi connectivity index (χ1v) is 5.73. The van der Waals surface area contributed by atoms with E-state index in [0.717, 1.165) is 22.6 Å². The summed E-state index contributed by atoms with van der Waals surface area (Å²) in [7, 11) is 1.82. The van der Waals surface area contributed by atoms with Crippen LogP contribution < -0.4 is 10.5 Å². The number of hydrogen-bond donors (Lipinski definition) is 1. The number of ether oxygens (including phenoxy) is 1. The van der Waals surface area contributed by atoms with E-state index < -0.39 is 0 Å². The van der Waals surface area contributed by atoms with Crippen LogP contribution in [0.2, 0.25) is 0 Å². The lowest BCUT2D eigenvalue weighted by atomic mass is 10.1. The van der Waals surface area contributed by atoms with Gasteiger partial charge in [0.05, 0.1) is 5.69 Å². The third-order valence-corrected chi connectivity index (χ3v) is 2.55. The zero-order chi connectivity index (χ0) is 13.1. The summed E-state index contributed by atoms with van der Waals surface area (Å²) < 4.78 is 7.19. The molecule has 0 saturated carbocycles. The first-order chi connectivity index (χ1) is 8.56. The Morgan fingerprint density at radius 2 is 2.06 bits per heavy atom. The van der Waals surface area contributed by atoms with E-state index in [9.17, 15) is 0 Å². The lowest BCUT2D eigenvalue weighted by Gasteiger charge is -2.05. The SMILES string of the molecule is C=C(C)COc1ccc(-c2cc(N)n(C)n2)cc1. The van der Waals surface area contributed by atoms with E-state index in [1.165, 1.54) is 0 Å². The second-order valence-corrected chi connectivity index (χ2v) is 4.35. The molecule has 1 aromatic carbocycles. The van der Waals surface area contributed by atoms with Crippen molar-refractivity contribution in [1.29, 1.82) is 0 Å². The number of nitrogens with zero attached hydrogens (tertiary/aromatic N) is 2. The van der Waals surface area contributed by atoms with Gasteiger partial charge in [-0.05, 0) is 36.8 Å². The minimum Gasteiger partial charge on any atom is -0.489 e. The summed E-state index contributed by atoms with van der Waals surface area (Å²) in [6, 6.07) is 9.63. The van der Waals surface area contributed by atoms with Crippen LogP contribution in [-0.2, 0) is 7.05 Å². The van der Waals surface area contributed by atoms with Gasteiger partial charge in [0.25, 0.3) is 0 Å². The van der Waals surface area contributed by atoms with E-state index in [2.05, 4.69) is 11.7 Å². The fraction of sp³-hybridized carbons (Fsp3) is 0.214. The molecule has 1 aromatic heterocycles. The topological polar surface area (TPSA) is 53.1 Å². The maximum Gasteiger partial charge on any atom is 0.121 e. The zero-order valence-corrected chi connectivity index (χ0v) is 10.7. The van der Waals surface area contributed by atoms with E-state index >= 15 is 0 Å². The van der Waals surface area contributed by atoms with Crippen LogP contribution in [0, 0.1) is 0 Å². The molecule has 0 fully saturated rings. The number of aromatic nitrogens is 2. The molecular formula is C14H17N3O. The maximum absolute atomic E-state index is 5.75. The van der Waals surface area contributed by atoms with Crippen molar-refractivity contribution in [2.45, 2.75) is 6.92 Å². The standard InChI is InChI=1S/C14H17N3O/c1-10(2)9-18-12-6-4-11(5-7-12)13-8-14(15)17(3)16-13/h4-8H,1,9,15H2,2-3H3. The van der Waals surface area contributed by atoms with Crippen LogP contribution in [0.5, 0.6) is 5.75 Å². The third-order valence-electron chi connectivity index (χ3n) is 2.55. The Bertz CT molecular complexity index is 535. The largest absolute Gasteiger partial charge is 0.489 e. The highest BCUT2D eigenvalue weighted by atomic mass is 16.5. The molecular weight excluding hydrogens is 226 g/mol. The van der Waals surface area contributed by atoms with Crippen LogP contribution in [0.1, 0.15) is 6.92 Å². The van der Waals surface area contributed by atoms with Gasteiger partial charge in [-0.1, -0.05) is 6.58 Å². The van der Waals surface area contributed by atoms with Gasteiger partial charge < -0.3 is 10.5 Å². The van der Waals surface area contributed by atoms with Crippen molar-refractivity contribution in [3.05, 3.63) is 42.5 Å². The first-order valence-electron chi connectivity index (χ1n) is 5.73. The Labute approximate surface area is 107 Å². The van der Waals surface area contributed by atoms with Gasteiger partial charge in [0.2, 0.25) is 0 Å². The maximum atomic E-state index is 5.75. The molecule has 0 saturated heterocycles. The minimum atomic E-state index is 0.538. The van der Waals surface area contributed by atoms with Crippen molar-refractivity contribution in [2.75, 3.05) is 12.3 Å². The molecule has 2 aromatic rings. The lowest BCUT2D eigenvalue weighted by Crippen LogP contribution is -1.97. The zero-order valence-electron chi connectivity index (χ0n) is 10.7. The molecule has 0 aliphatic rings. The molecule has 0 amide bonds. The molecule has 0 unspecified atom stereocenters. The highest BCUT2D eigenvalue weighted by molar-refractivity contribution is 5.63. The van der Waals surface area contributed by atoms with Crippen LogP contribution in [0.4, 0.5) is 5.82 Å². The molecule has 0 atom stereocenters. The number of benzene rings is 1. The van der Waals surface area contributed by atoms with Gasteiger partial charge in [0, 0.05) is 18.7 Å². The minimum absolute atomic E-state index is 0.538. The Kier molecular flexibility index (Phi) is 3.37. The normalized spacial score (nSPS) is 10.3. The summed E-state index contributed by atoms with van der Waals surface area (Å²) in [5.74, 6) is 1.47. The van der Waals surface area contributed by atoms with Crippen molar-refractivity contribution >= 4 is 5.82 Å². The summed E-state index contributed by atoms with van der Waals surface area (Å²) in [5, 5.41) is 4.32. The summed E-state index contributed by atoms with van der Waals surface area (Å²) in [6.07, 6.45) is 0. The average Bonchev–Trinajstić information content (AvgIpc) is 2.68. The van der Waals surface area contributed by atoms with Crippen molar-refractivity contribution in [1.82, 2.24) is 9.78 Å². The predicted octanol–water partition coefficient (Wildman–Crippen LogP) is 2.62. The first kappa shape index (κ1) is 12.2. The van der Waals surface area contributed by atoms with E-state index in [4.69, 9.17) is 10.5 Å². The van der Waals surface area contributed by atoms with E-state index in [-0.39, 0.29) is 0 Å². The molecule has 4 nitrogen and oxygen atoms in total. The van der Waals surface area contributed by atoms with E-state index in [0.29, 0.717) is 12.4 Å². The van der Waals surface area contributed by atoms with Crippen molar-refractivity contribution in [2.24, 2.45) is 7.05 Å². The fourth-order valence-corrected chi connectivity index (χ4v) is 1.55. The van der Waals surface area contributed by atoms with Gasteiger partial charge in [-0.15, -0.1) is 0 Å². The number of rotatable bonds is 4. The van der Waals surface area contributed by atoms with E-state index in [1.54, 1.807) is 4.68 Å². The summed E-state index contributed by atoms with van der Waals surface area (Å²) in [4.78, 5) is 0. The van der Waals surface area contributed by atoms with Crippen LogP contribution in [0.3, 0.4) is 0 Å². The highest BCUT2D eigenvalue weighted by Crippen LogP contribution is 2.22. The van der Waals surface area contributed by atoms with Gasteiger partial charge in [-0.25, -0.2) is 0 Å². The molecule has 0 aliphatic heterocycles. The van der Waals surface area contributed by atoms with Crippen LogP contribution >= 0.6 is 0 Å². The average molecular weight is 243 g/mol. The van der Waals surface area contributed by atoms with Crippen LogP contribution in [-0.4, -0.2) is 16.4 Å². The monoisotopic (exact) mass is 243 g/mol. The molecule has 0 bridgehead atoms. The second kappa shape index (κ2) is 4.96. The van der Waals surface area contributed by atoms with Gasteiger partial charge in [-0.3, -0.25) is 4.68 Å². The molecule has 2 rings (SSSR count). The molecule has 94 valence electrons. The lowest BCUT2D eigenvalue weighted by molar-refractivity contribution is 0.353. The Morgan fingerprint density at radius 3 is 2.56 bits per heavy atom. The molecule has 2 N–H and O–H groups in total. The van der Waals surface area contributed by atoms with Crippen LogP contribution in [0.15, 0.2) is 42.5 Å². The van der Waals surface area contributed by atoms with Gasteiger partial charge >= 0.3 is 0 Å². The molecule has 0 radical (unpaired) electrons. The number of hydrogen-bond acceptors (Lipinski definition) is 3. The number of nitrogen functional groups attached to an aromatic ring is 1. The van der Waals surface area contributed by atoms with Gasteiger partial charge in [0.15, 0.2) is 0 Å².